The number of nitrogen functional groups attached to an aromatic ring is 1. The molecule has 2 rings (SSSR count). The predicted molar refractivity (Wildman–Crippen MR) is 54.5 cm³/mol. The molecule has 0 amide bonds. The van der Waals surface area contributed by atoms with Crippen LogP contribution in [0.15, 0.2) is 27.5 Å². The van der Waals surface area contributed by atoms with Crippen LogP contribution < -0.4 is 11.4 Å². The van der Waals surface area contributed by atoms with Crippen molar-refractivity contribution in [2.24, 2.45) is 0 Å². The quantitative estimate of drug-likeness (QED) is 0.728. The van der Waals surface area contributed by atoms with Gasteiger partial charge in [0.25, 0.3) is 0 Å². The maximum Gasteiger partial charge on any atom is 0.347 e. The zero-order valence-corrected chi connectivity index (χ0v) is 8.13. The van der Waals surface area contributed by atoms with E-state index >= 15 is 0 Å². The third kappa shape index (κ3) is 1.31. The Bertz CT molecular complexity index is 520. The van der Waals surface area contributed by atoms with Crippen molar-refractivity contribution in [3.8, 4) is 0 Å². The smallest absolute Gasteiger partial charge is 0.347 e. The van der Waals surface area contributed by atoms with E-state index in [0.717, 1.165) is 9.86 Å². The lowest BCUT2D eigenvalue weighted by atomic mass is 10.2. The molecule has 1 heterocycles. The highest BCUT2D eigenvalue weighted by Crippen LogP contribution is 2.24. The summed E-state index contributed by atoms with van der Waals surface area (Å²) >= 11 is 3.33. The number of hydrogen-bond donors (Lipinski definition) is 2. The number of nitrogens with zero attached hydrogens (tertiary/aromatic N) is 1. The first-order chi connectivity index (χ1) is 6.18. The first kappa shape index (κ1) is 8.25. The molecular formula is C8H6BrN3O. The molecule has 0 atom stereocenters. The van der Waals surface area contributed by atoms with Gasteiger partial charge in [0.1, 0.15) is 5.82 Å². The Kier molecular flexibility index (Phi) is 1.81. The van der Waals surface area contributed by atoms with Gasteiger partial charge in [-0.15, -0.1) is 0 Å². The number of halogens is 1. The van der Waals surface area contributed by atoms with Crippen molar-refractivity contribution < 1.29 is 0 Å². The molecule has 0 bridgehead atoms. The third-order valence-corrected chi connectivity index (χ3v) is 2.39. The number of rotatable bonds is 0. The SMILES string of the molecule is Nc1nc(=O)[nH]c2cccc(Br)c12. The summed E-state index contributed by atoms with van der Waals surface area (Å²) in [4.78, 5) is 17.1. The summed E-state index contributed by atoms with van der Waals surface area (Å²) in [5.41, 5.74) is 5.86. The highest BCUT2D eigenvalue weighted by Gasteiger charge is 2.04. The van der Waals surface area contributed by atoms with Crippen molar-refractivity contribution in [2.45, 2.75) is 0 Å². The van der Waals surface area contributed by atoms with Crippen LogP contribution in [-0.4, -0.2) is 9.97 Å². The number of hydrogen-bond acceptors (Lipinski definition) is 3. The highest BCUT2D eigenvalue weighted by atomic mass is 79.9. The van der Waals surface area contributed by atoms with Crippen molar-refractivity contribution >= 4 is 32.7 Å². The third-order valence-electron chi connectivity index (χ3n) is 1.73. The summed E-state index contributed by atoms with van der Waals surface area (Å²) < 4.78 is 0.825. The topological polar surface area (TPSA) is 71.8 Å². The largest absolute Gasteiger partial charge is 0.383 e. The number of aromatic nitrogens is 2. The van der Waals surface area contributed by atoms with Crippen LogP contribution in [0.5, 0.6) is 0 Å². The molecule has 66 valence electrons. The molecule has 0 aliphatic heterocycles. The van der Waals surface area contributed by atoms with E-state index in [0.29, 0.717) is 5.52 Å². The van der Waals surface area contributed by atoms with E-state index in [9.17, 15) is 4.79 Å². The van der Waals surface area contributed by atoms with Gasteiger partial charge < -0.3 is 10.7 Å². The molecule has 0 unspecified atom stereocenters. The predicted octanol–water partition coefficient (Wildman–Crippen LogP) is 1.27. The molecular weight excluding hydrogens is 234 g/mol. The van der Waals surface area contributed by atoms with Crippen LogP contribution in [0.4, 0.5) is 5.82 Å². The summed E-state index contributed by atoms with van der Waals surface area (Å²) in [6.45, 7) is 0. The molecule has 13 heavy (non-hydrogen) atoms. The minimum Gasteiger partial charge on any atom is -0.383 e. The minimum absolute atomic E-state index is 0.242. The van der Waals surface area contributed by atoms with Gasteiger partial charge in [-0.3, -0.25) is 0 Å². The summed E-state index contributed by atoms with van der Waals surface area (Å²) in [6.07, 6.45) is 0. The number of benzene rings is 1. The van der Waals surface area contributed by atoms with E-state index in [2.05, 4.69) is 25.9 Å². The molecule has 1 aromatic heterocycles. The van der Waals surface area contributed by atoms with Crippen LogP contribution in [-0.2, 0) is 0 Å². The van der Waals surface area contributed by atoms with Crippen molar-refractivity contribution in [1.29, 1.82) is 0 Å². The van der Waals surface area contributed by atoms with Gasteiger partial charge in [-0.2, -0.15) is 4.98 Å². The van der Waals surface area contributed by atoms with Gasteiger partial charge in [-0.25, -0.2) is 4.79 Å². The van der Waals surface area contributed by atoms with Crippen LogP contribution >= 0.6 is 15.9 Å². The molecule has 0 radical (unpaired) electrons. The fourth-order valence-corrected chi connectivity index (χ4v) is 1.77. The molecule has 5 heteroatoms. The Morgan fingerprint density at radius 1 is 1.46 bits per heavy atom. The number of nitrogens with one attached hydrogen (secondary N) is 1. The standard InChI is InChI=1S/C8H6BrN3O/c9-4-2-1-3-5-6(4)7(10)12-8(13)11-5/h1-3H,(H3,10,11,12,13). The molecule has 0 spiro atoms. The van der Waals surface area contributed by atoms with Crippen molar-refractivity contribution in [2.75, 3.05) is 5.73 Å². The van der Waals surface area contributed by atoms with E-state index in [1.54, 1.807) is 6.07 Å². The van der Waals surface area contributed by atoms with Gasteiger partial charge in [-0.1, -0.05) is 6.07 Å². The molecule has 0 aliphatic carbocycles. The monoisotopic (exact) mass is 239 g/mol. The zero-order valence-electron chi connectivity index (χ0n) is 6.54. The molecule has 0 saturated carbocycles. The Morgan fingerprint density at radius 3 is 3.00 bits per heavy atom. The van der Waals surface area contributed by atoms with Crippen LogP contribution in [0, 0.1) is 0 Å². The lowest BCUT2D eigenvalue weighted by Crippen LogP contribution is -2.12. The molecule has 0 aliphatic rings. The summed E-state index contributed by atoms with van der Waals surface area (Å²) in [6, 6.07) is 5.44. The Labute approximate surface area is 81.9 Å². The zero-order chi connectivity index (χ0) is 9.42. The van der Waals surface area contributed by atoms with E-state index in [1.165, 1.54) is 0 Å². The average molecular weight is 240 g/mol. The summed E-state index contributed by atoms with van der Waals surface area (Å²) in [5.74, 6) is 0.242. The van der Waals surface area contributed by atoms with Crippen LogP contribution in [0.1, 0.15) is 0 Å². The Balaban J connectivity index is 3.03. The first-order valence-corrected chi connectivity index (χ1v) is 4.42. The van der Waals surface area contributed by atoms with E-state index in [-0.39, 0.29) is 5.82 Å². The first-order valence-electron chi connectivity index (χ1n) is 3.62. The second kappa shape index (κ2) is 2.85. The Hall–Kier alpha value is -1.36. The van der Waals surface area contributed by atoms with E-state index < -0.39 is 5.69 Å². The number of fused-ring (bicyclic) bond motifs is 1. The lowest BCUT2D eigenvalue weighted by molar-refractivity contribution is 1.13. The molecule has 4 nitrogen and oxygen atoms in total. The van der Waals surface area contributed by atoms with Crippen LogP contribution in [0.3, 0.4) is 0 Å². The highest BCUT2D eigenvalue weighted by molar-refractivity contribution is 9.10. The lowest BCUT2D eigenvalue weighted by Gasteiger charge is -2.01. The van der Waals surface area contributed by atoms with Gasteiger partial charge in [0.05, 0.1) is 10.9 Å². The second-order valence-electron chi connectivity index (χ2n) is 2.59. The van der Waals surface area contributed by atoms with E-state index in [1.807, 2.05) is 12.1 Å². The van der Waals surface area contributed by atoms with Crippen molar-refractivity contribution in [3.05, 3.63) is 33.2 Å². The van der Waals surface area contributed by atoms with Gasteiger partial charge in [0.2, 0.25) is 0 Å². The Morgan fingerprint density at radius 2 is 2.23 bits per heavy atom. The van der Waals surface area contributed by atoms with Crippen LogP contribution in [0.25, 0.3) is 10.9 Å². The fourth-order valence-electron chi connectivity index (χ4n) is 1.20. The van der Waals surface area contributed by atoms with Gasteiger partial charge in [-0.05, 0) is 28.1 Å². The average Bonchev–Trinajstić information content (AvgIpc) is 2.02. The van der Waals surface area contributed by atoms with Gasteiger partial charge in [0, 0.05) is 4.47 Å². The molecule has 0 fully saturated rings. The maximum atomic E-state index is 11.0. The number of anilines is 1. The minimum atomic E-state index is -0.428. The van der Waals surface area contributed by atoms with E-state index in [4.69, 9.17) is 5.73 Å². The second-order valence-corrected chi connectivity index (χ2v) is 3.44. The summed E-state index contributed by atoms with van der Waals surface area (Å²) in [5, 5.41) is 0.738. The molecule has 0 saturated heterocycles. The molecule has 3 N–H and O–H groups in total. The fraction of sp³-hybridized carbons (Fsp3) is 0. The number of H-pyrrole nitrogens is 1. The maximum absolute atomic E-state index is 11.0. The van der Waals surface area contributed by atoms with Gasteiger partial charge >= 0.3 is 5.69 Å². The number of nitrogens with two attached hydrogens (primary N) is 1. The number of aromatic amines is 1. The normalized spacial score (nSPS) is 10.5. The summed E-state index contributed by atoms with van der Waals surface area (Å²) in [7, 11) is 0. The van der Waals surface area contributed by atoms with Crippen molar-refractivity contribution in [3.63, 3.8) is 0 Å². The van der Waals surface area contributed by atoms with Crippen molar-refractivity contribution in [1.82, 2.24) is 9.97 Å². The molecule has 1 aromatic carbocycles. The van der Waals surface area contributed by atoms with Crippen LogP contribution in [0.2, 0.25) is 0 Å². The molecule has 2 aromatic rings. The van der Waals surface area contributed by atoms with Gasteiger partial charge in [0.15, 0.2) is 0 Å².